The van der Waals surface area contributed by atoms with Gasteiger partial charge in [-0.05, 0) is 26.7 Å². The molecule has 0 atom stereocenters. The van der Waals surface area contributed by atoms with E-state index < -0.39 is 0 Å². The first-order valence-corrected chi connectivity index (χ1v) is 6.28. The molecule has 1 fully saturated rings. The van der Waals surface area contributed by atoms with Gasteiger partial charge in [0.05, 0.1) is 7.11 Å². The zero-order valence-corrected chi connectivity index (χ0v) is 11.3. The number of methoxy groups -OCH3 is 1. The van der Waals surface area contributed by atoms with Crippen LogP contribution in [0.5, 0.6) is 0 Å². The first kappa shape index (κ1) is 14.0. The third-order valence-electron chi connectivity index (χ3n) is 3.63. The van der Waals surface area contributed by atoms with Crippen LogP contribution in [0.3, 0.4) is 0 Å². The lowest BCUT2D eigenvalue weighted by Gasteiger charge is -2.33. The number of carbonyl (C=O) groups is 2. The fourth-order valence-corrected chi connectivity index (χ4v) is 2.41. The smallest absolute Gasteiger partial charge is 0.325 e. The fraction of sp³-hybridized carbons (Fsp3) is 0.846. The monoisotopic (exact) mass is 241 g/mol. The van der Waals surface area contributed by atoms with Crippen LogP contribution < -0.4 is 0 Å². The summed E-state index contributed by atoms with van der Waals surface area (Å²) in [4.78, 5) is 25.4. The second-order valence-electron chi connectivity index (χ2n) is 5.37. The summed E-state index contributed by atoms with van der Waals surface area (Å²) in [7, 11) is 1.35. The predicted molar refractivity (Wildman–Crippen MR) is 65.4 cm³/mol. The first-order valence-electron chi connectivity index (χ1n) is 6.28. The summed E-state index contributed by atoms with van der Waals surface area (Å²) in [5.41, 5.74) is -0.279. The molecule has 0 saturated heterocycles. The lowest BCUT2D eigenvalue weighted by atomic mass is 9.86. The van der Waals surface area contributed by atoms with Crippen molar-refractivity contribution in [2.24, 2.45) is 5.41 Å². The van der Waals surface area contributed by atoms with Gasteiger partial charge in [0.2, 0.25) is 5.91 Å². The summed E-state index contributed by atoms with van der Waals surface area (Å²) in [5.74, 6) is -0.260. The molecule has 0 spiro atoms. The van der Waals surface area contributed by atoms with E-state index in [0.29, 0.717) is 0 Å². The summed E-state index contributed by atoms with van der Waals surface area (Å²) in [6, 6.07) is 0.0269. The minimum Gasteiger partial charge on any atom is -0.468 e. The molecular weight excluding hydrogens is 218 g/mol. The molecule has 0 unspecified atom stereocenters. The maximum Gasteiger partial charge on any atom is 0.325 e. The van der Waals surface area contributed by atoms with Crippen LogP contribution in [0.25, 0.3) is 0 Å². The summed E-state index contributed by atoms with van der Waals surface area (Å²) < 4.78 is 4.64. The lowest BCUT2D eigenvalue weighted by Crippen LogP contribution is -2.47. The van der Waals surface area contributed by atoms with Crippen molar-refractivity contribution < 1.29 is 14.3 Å². The molecule has 98 valence electrons. The number of carbonyl (C=O) groups excluding carboxylic acids is 2. The minimum atomic E-state index is -0.353. The van der Waals surface area contributed by atoms with Gasteiger partial charge in [-0.25, -0.2) is 0 Å². The molecule has 0 aromatic carbocycles. The number of ether oxygens (including phenoxy) is 1. The number of hydrogen-bond acceptors (Lipinski definition) is 3. The lowest BCUT2D eigenvalue weighted by molar-refractivity contribution is -0.152. The van der Waals surface area contributed by atoms with Crippen molar-refractivity contribution in [3.05, 3.63) is 0 Å². The average Bonchev–Trinajstić information content (AvgIpc) is 2.72. The highest BCUT2D eigenvalue weighted by Gasteiger charge is 2.40. The Balaban J connectivity index is 2.76. The van der Waals surface area contributed by atoms with Crippen molar-refractivity contribution >= 4 is 11.9 Å². The molecule has 4 nitrogen and oxygen atoms in total. The molecule has 0 radical (unpaired) electrons. The van der Waals surface area contributed by atoms with Gasteiger partial charge in [0.1, 0.15) is 6.54 Å². The van der Waals surface area contributed by atoms with Crippen LogP contribution in [0.4, 0.5) is 0 Å². The quantitative estimate of drug-likeness (QED) is 0.707. The van der Waals surface area contributed by atoms with E-state index in [0.717, 1.165) is 25.7 Å². The Morgan fingerprint density at radius 3 is 2.24 bits per heavy atom. The highest BCUT2D eigenvalue weighted by Crippen LogP contribution is 2.39. The second kappa shape index (κ2) is 5.52. The number of nitrogens with zero attached hydrogens (tertiary/aromatic N) is 1. The normalized spacial score (nSPS) is 18.2. The van der Waals surface area contributed by atoms with E-state index in [-0.39, 0.29) is 29.9 Å². The van der Waals surface area contributed by atoms with E-state index in [1.807, 2.05) is 20.8 Å². The third kappa shape index (κ3) is 3.20. The van der Waals surface area contributed by atoms with Gasteiger partial charge in [0.15, 0.2) is 0 Å². The van der Waals surface area contributed by atoms with Crippen LogP contribution in [-0.4, -0.2) is 36.5 Å². The number of amides is 1. The van der Waals surface area contributed by atoms with Gasteiger partial charge in [-0.1, -0.05) is 19.8 Å². The van der Waals surface area contributed by atoms with Gasteiger partial charge in [-0.2, -0.15) is 0 Å². The van der Waals surface area contributed by atoms with Crippen molar-refractivity contribution in [3.8, 4) is 0 Å². The van der Waals surface area contributed by atoms with E-state index >= 15 is 0 Å². The predicted octanol–water partition coefficient (Wildman–Crippen LogP) is 1.98. The largest absolute Gasteiger partial charge is 0.468 e. The zero-order valence-electron chi connectivity index (χ0n) is 11.3. The Morgan fingerprint density at radius 1 is 1.29 bits per heavy atom. The zero-order chi connectivity index (χ0) is 13.1. The summed E-state index contributed by atoms with van der Waals surface area (Å²) >= 11 is 0. The van der Waals surface area contributed by atoms with Crippen LogP contribution in [0.15, 0.2) is 0 Å². The van der Waals surface area contributed by atoms with Gasteiger partial charge < -0.3 is 9.64 Å². The summed E-state index contributed by atoms with van der Waals surface area (Å²) in [6.45, 7) is 5.93. The Labute approximate surface area is 103 Å². The van der Waals surface area contributed by atoms with Crippen LogP contribution in [0, 0.1) is 5.41 Å². The van der Waals surface area contributed by atoms with Crippen LogP contribution in [-0.2, 0) is 14.3 Å². The average molecular weight is 241 g/mol. The molecule has 0 aromatic heterocycles. The Morgan fingerprint density at radius 2 is 1.82 bits per heavy atom. The Hall–Kier alpha value is -1.06. The van der Waals surface area contributed by atoms with E-state index in [1.165, 1.54) is 7.11 Å². The van der Waals surface area contributed by atoms with E-state index in [2.05, 4.69) is 4.74 Å². The Kier molecular flexibility index (Phi) is 4.54. The molecule has 17 heavy (non-hydrogen) atoms. The van der Waals surface area contributed by atoms with Crippen LogP contribution >= 0.6 is 0 Å². The molecule has 0 N–H and O–H groups in total. The highest BCUT2D eigenvalue weighted by atomic mass is 16.5. The van der Waals surface area contributed by atoms with Crippen molar-refractivity contribution in [3.63, 3.8) is 0 Å². The van der Waals surface area contributed by atoms with E-state index in [1.54, 1.807) is 4.90 Å². The van der Waals surface area contributed by atoms with Crippen LogP contribution in [0.1, 0.15) is 46.5 Å². The van der Waals surface area contributed by atoms with Crippen LogP contribution in [0.2, 0.25) is 0 Å². The molecule has 1 aliphatic rings. The third-order valence-corrected chi connectivity index (χ3v) is 3.63. The van der Waals surface area contributed by atoms with Crippen molar-refractivity contribution in [2.45, 2.75) is 52.5 Å². The molecule has 0 bridgehead atoms. The molecule has 1 aliphatic carbocycles. The molecule has 1 saturated carbocycles. The van der Waals surface area contributed by atoms with E-state index in [9.17, 15) is 9.59 Å². The van der Waals surface area contributed by atoms with Gasteiger partial charge in [0, 0.05) is 11.5 Å². The van der Waals surface area contributed by atoms with Crippen molar-refractivity contribution in [1.82, 2.24) is 4.90 Å². The van der Waals surface area contributed by atoms with Gasteiger partial charge in [0.25, 0.3) is 0 Å². The molecular formula is C13H23NO3. The van der Waals surface area contributed by atoms with Crippen molar-refractivity contribution in [1.29, 1.82) is 0 Å². The minimum absolute atomic E-state index is 0.0269. The maximum absolute atomic E-state index is 12.5. The fourth-order valence-electron chi connectivity index (χ4n) is 2.41. The molecule has 1 amide bonds. The molecule has 1 rings (SSSR count). The van der Waals surface area contributed by atoms with Gasteiger partial charge in [-0.15, -0.1) is 0 Å². The first-order chi connectivity index (χ1) is 7.90. The van der Waals surface area contributed by atoms with Gasteiger partial charge >= 0.3 is 5.97 Å². The summed E-state index contributed by atoms with van der Waals surface area (Å²) in [5, 5.41) is 0. The maximum atomic E-state index is 12.5. The van der Waals surface area contributed by atoms with Gasteiger partial charge in [-0.3, -0.25) is 9.59 Å². The summed E-state index contributed by atoms with van der Waals surface area (Å²) in [6.07, 6.45) is 4.06. The molecule has 0 aliphatic heterocycles. The molecule has 0 aromatic rings. The number of esters is 1. The standard InChI is InChI=1S/C13H23NO3/c1-10(2)14(9-11(15)17-4)12(16)13(3)7-5-6-8-13/h10H,5-9H2,1-4H3. The van der Waals surface area contributed by atoms with E-state index in [4.69, 9.17) is 0 Å². The molecule has 0 heterocycles. The topological polar surface area (TPSA) is 46.6 Å². The SMILES string of the molecule is COC(=O)CN(C(=O)C1(C)CCCC1)C(C)C. The number of rotatable bonds is 4. The Bertz CT molecular complexity index is 293. The molecule has 4 heteroatoms. The second-order valence-corrected chi connectivity index (χ2v) is 5.37. The van der Waals surface area contributed by atoms with Crippen molar-refractivity contribution in [2.75, 3.05) is 13.7 Å². The highest BCUT2D eigenvalue weighted by molar-refractivity contribution is 5.86. The number of hydrogen-bond donors (Lipinski definition) is 0.